The fourth-order valence-corrected chi connectivity index (χ4v) is 6.58. The van der Waals surface area contributed by atoms with Gasteiger partial charge in [-0.15, -0.1) is 0 Å². The van der Waals surface area contributed by atoms with Gasteiger partial charge in [0.25, 0.3) is 5.56 Å². The summed E-state index contributed by atoms with van der Waals surface area (Å²) in [7, 11) is 0. The second-order valence-corrected chi connectivity index (χ2v) is 12.0. The van der Waals surface area contributed by atoms with E-state index in [0.29, 0.717) is 38.5 Å². The van der Waals surface area contributed by atoms with Gasteiger partial charge in [0.15, 0.2) is 4.80 Å². The Morgan fingerprint density at radius 3 is 2.22 bits per heavy atom. The minimum absolute atomic E-state index is 0.0108. The van der Waals surface area contributed by atoms with Crippen molar-refractivity contribution < 1.29 is 23.8 Å². The number of aromatic nitrogens is 2. The number of aryl methyl sites for hydroxylation is 1. The lowest BCUT2D eigenvalue weighted by molar-refractivity contribution is -0.139. The van der Waals surface area contributed by atoms with Gasteiger partial charge in [0, 0.05) is 17.1 Å². The number of carbonyl (C=O) groups is 2. The van der Waals surface area contributed by atoms with Gasteiger partial charge in [-0.3, -0.25) is 9.36 Å². The minimum atomic E-state index is -0.708. The van der Waals surface area contributed by atoms with Gasteiger partial charge in [-0.25, -0.2) is 14.6 Å². The molecule has 5 rings (SSSR count). The summed E-state index contributed by atoms with van der Waals surface area (Å²) in [6.07, 6.45) is 1.88. The third-order valence-corrected chi connectivity index (χ3v) is 8.46. The van der Waals surface area contributed by atoms with E-state index in [4.69, 9.17) is 14.2 Å². The molecule has 9 nitrogen and oxygen atoms in total. The molecule has 0 spiro atoms. The number of rotatable bonds is 9. The van der Waals surface area contributed by atoms with Crippen LogP contribution in [0.2, 0.25) is 0 Å². The highest BCUT2D eigenvalue weighted by atomic mass is 32.1. The Morgan fingerprint density at radius 2 is 1.60 bits per heavy atom. The van der Waals surface area contributed by atoms with Gasteiger partial charge in [0.1, 0.15) is 5.75 Å². The van der Waals surface area contributed by atoms with E-state index in [1.54, 1.807) is 37.5 Å². The molecule has 0 aliphatic carbocycles. The maximum atomic E-state index is 14.1. The Hall–Kier alpha value is -4.70. The summed E-state index contributed by atoms with van der Waals surface area (Å²) >= 11 is 1.28. The summed E-state index contributed by atoms with van der Waals surface area (Å²) < 4.78 is 20.5. The van der Waals surface area contributed by atoms with Crippen LogP contribution in [0.3, 0.4) is 0 Å². The van der Waals surface area contributed by atoms with E-state index in [1.165, 1.54) is 11.3 Å². The first-order valence-electron chi connectivity index (χ1n) is 15.0. The molecule has 3 heterocycles. The molecule has 0 fully saturated rings. The molecule has 234 valence electrons. The van der Waals surface area contributed by atoms with Gasteiger partial charge >= 0.3 is 11.9 Å². The molecule has 45 heavy (non-hydrogen) atoms. The summed E-state index contributed by atoms with van der Waals surface area (Å²) in [5.74, 6) is -0.163. The predicted octanol–water partition coefficient (Wildman–Crippen LogP) is 5.17. The van der Waals surface area contributed by atoms with Gasteiger partial charge < -0.3 is 18.8 Å². The Labute approximate surface area is 265 Å². The van der Waals surface area contributed by atoms with E-state index in [1.807, 2.05) is 76.2 Å². The monoisotopic (exact) mass is 627 g/mol. The van der Waals surface area contributed by atoms with Crippen molar-refractivity contribution in [1.29, 1.82) is 0 Å². The maximum absolute atomic E-state index is 14.1. The number of carbonyl (C=O) groups excluding carboxylic acids is 2. The van der Waals surface area contributed by atoms with Crippen LogP contribution in [0.15, 0.2) is 75.7 Å². The molecule has 1 unspecified atom stereocenters. The van der Waals surface area contributed by atoms with Crippen molar-refractivity contribution in [2.45, 2.75) is 60.6 Å². The Kier molecular flexibility index (Phi) is 9.24. The molecule has 10 heteroatoms. The van der Waals surface area contributed by atoms with E-state index in [-0.39, 0.29) is 24.2 Å². The average Bonchev–Trinajstić information content (AvgIpc) is 3.46. The molecule has 4 aromatic rings. The maximum Gasteiger partial charge on any atom is 0.338 e. The van der Waals surface area contributed by atoms with Crippen molar-refractivity contribution >= 4 is 29.4 Å². The Balaban J connectivity index is 1.60. The van der Waals surface area contributed by atoms with Gasteiger partial charge in [0.05, 0.1) is 46.7 Å². The summed E-state index contributed by atoms with van der Waals surface area (Å²) in [5, 5.41) is 0. The van der Waals surface area contributed by atoms with Crippen molar-refractivity contribution in [1.82, 2.24) is 9.13 Å². The lowest BCUT2D eigenvalue weighted by Crippen LogP contribution is -2.39. The molecule has 1 aliphatic heterocycles. The third kappa shape index (κ3) is 6.28. The van der Waals surface area contributed by atoms with Crippen molar-refractivity contribution in [3.63, 3.8) is 0 Å². The van der Waals surface area contributed by atoms with Crippen LogP contribution in [0.5, 0.6) is 5.75 Å². The standard InChI is InChI=1S/C35H37N3O6S/c1-8-42-33(40)25-10-14-27(15-11-25)37-21(5)18-26(23(37)7)19-29-32(39)38-31(24-12-16-28(17-13-24)44-20(3)4)30(34(41)43-9-2)22(6)36-35(38)45-29/h10-20,31H,8-9H2,1-7H3/b29-19-. The van der Waals surface area contributed by atoms with Crippen LogP contribution in [0, 0.1) is 13.8 Å². The van der Waals surface area contributed by atoms with Crippen LogP contribution < -0.4 is 19.6 Å². The van der Waals surface area contributed by atoms with Crippen LogP contribution in [0.4, 0.5) is 0 Å². The van der Waals surface area contributed by atoms with Crippen LogP contribution in [0.1, 0.15) is 73.5 Å². The molecule has 0 amide bonds. The van der Waals surface area contributed by atoms with Crippen LogP contribution in [-0.4, -0.2) is 40.4 Å². The number of hydrogen-bond acceptors (Lipinski definition) is 8. The van der Waals surface area contributed by atoms with Crippen molar-refractivity contribution in [3.05, 3.63) is 114 Å². The molecule has 1 atom stereocenters. The van der Waals surface area contributed by atoms with E-state index in [9.17, 15) is 14.4 Å². The molecular weight excluding hydrogens is 590 g/mol. The quantitative estimate of drug-likeness (QED) is 0.238. The fourth-order valence-electron chi connectivity index (χ4n) is 5.54. The zero-order chi connectivity index (χ0) is 32.4. The smallest absolute Gasteiger partial charge is 0.338 e. The first-order chi connectivity index (χ1) is 21.5. The summed E-state index contributed by atoms with van der Waals surface area (Å²) in [4.78, 5) is 44.6. The summed E-state index contributed by atoms with van der Waals surface area (Å²) in [5.41, 5.74) is 5.50. The molecule has 0 radical (unpaired) electrons. The van der Waals surface area contributed by atoms with Gasteiger partial charge in [-0.1, -0.05) is 23.5 Å². The zero-order valence-electron chi connectivity index (χ0n) is 26.5. The number of benzene rings is 2. The highest BCUT2D eigenvalue weighted by Crippen LogP contribution is 2.32. The van der Waals surface area contributed by atoms with Gasteiger partial charge in [0.2, 0.25) is 0 Å². The number of fused-ring (bicyclic) bond motifs is 1. The molecule has 0 saturated heterocycles. The lowest BCUT2D eigenvalue weighted by Gasteiger charge is -2.25. The minimum Gasteiger partial charge on any atom is -0.491 e. The topological polar surface area (TPSA) is 101 Å². The number of ether oxygens (including phenoxy) is 3. The Morgan fingerprint density at radius 1 is 0.956 bits per heavy atom. The second-order valence-electron chi connectivity index (χ2n) is 11.0. The van der Waals surface area contributed by atoms with Gasteiger partial charge in [-0.05, 0) is 108 Å². The first-order valence-corrected chi connectivity index (χ1v) is 15.8. The average molecular weight is 628 g/mol. The SMILES string of the molecule is CCOC(=O)C1=C(C)N=c2s/c(=C\c3cc(C)n(-c4ccc(C(=O)OCC)cc4)c3C)c(=O)n2C1c1ccc(OC(C)C)cc1. The van der Waals surface area contributed by atoms with E-state index >= 15 is 0 Å². The number of thiazole rings is 1. The summed E-state index contributed by atoms with van der Waals surface area (Å²) in [6, 6.07) is 16.0. The molecule has 0 bridgehead atoms. The second kappa shape index (κ2) is 13.1. The first kappa shape index (κ1) is 31.7. The largest absolute Gasteiger partial charge is 0.491 e. The molecule has 0 N–H and O–H groups in total. The number of nitrogens with zero attached hydrogens (tertiary/aromatic N) is 3. The van der Waals surface area contributed by atoms with Crippen LogP contribution in [-0.2, 0) is 14.3 Å². The highest BCUT2D eigenvalue weighted by Gasteiger charge is 2.33. The highest BCUT2D eigenvalue weighted by molar-refractivity contribution is 7.07. The van der Waals surface area contributed by atoms with E-state index in [0.717, 1.165) is 28.2 Å². The Bertz CT molecular complexity index is 1960. The molecule has 1 aliphatic rings. The van der Waals surface area contributed by atoms with Crippen molar-refractivity contribution in [2.24, 2.45) is 4.99 Å². The lowest BCUT2D eigenvalue weighted by atomic mass is 9.96. The molecule has 0 saturated carbocycles. The van der Waals surface area contributed by atoms with Crippen LogP contribution >= 0.6 is 11.3 Å². The van der Waals surface area contributed by atoms with E-state index in [2.05, 4.69) is 9.56 Å². The van der Waals surface area contributed by atoms with Crippen LogP contribution in [0.25, 0.3) is 11.8 Å². The normalized spacial score (nSPS) is 14.8. The van der Waals surface area contributed by atoms with Gasteiger partial charge in [-0.2, -0.15) is 0 Å². The number of hydrogen-bond donors (Lipinski definition) is 0. The predicted molar refractivity (Wildman–Crippen MR) is 174 cm³/mol. The summed E-state index contributed by atoms with van der Waals surface area (Å²) in [6.45, 7) is 13.7. The third-order valence-electron chi connectivity index (χ3n) is 7.48. The molecule has 2 aromatic carbocycles. The number of allylic oxidation sites excluding steroid dienone is 1. The zero-order valence-corrected chi connectivity index (χ0v) is 27.4. The van der Waals surface area contributed by atoms with Crippen molar-refractivity contribution in [3.8, 4) is 11.4 Å². The fraction of sp³-hybridized carbons (Fsp3) is 0.314. The van der Waals surface area contributed by atoms with E-state index < -0.39 is 12.0 Å². The molecular formula is C35H37N3O6S. The number of esters is 2. The van der Waals surface area contributed by atoms with Crippen molar-refractivity contribution in [2.75, 3.05) is 13.2 Å². The molecule has 2 aromatic heterocycles.